The molecule has 4 heteroatoms. The molecule has 0 fully saturated rings. The quantitative estimate of drug-likeness (QED) is 0.501. The average Bonchev–Trinajstić information content (AvgIpc) is 1.98. The zero-order valence-electron chi connectivity index (χ0n) is 9.21. The van der Waals surface area contributed by atoms with Crippen LogP contribution >= 0.6 is 0 Å². The number of carbonyl (C=O) groups is 1. The van der Waals surface area contributed by atoms with Gasteiger partial charge < -0.3 is 12.3 Å². The topological polar surface area (TPSA) is 63.3 Å². The third kappa shape index (κ3) is 6.00. The molecule has 0 radical (unpaired) electrons. The maximum atomic E-state index is 10.4. The van der Waals surface area contributed by atoms with Crippen LogP contribution in [0.15, 0.2) is 0 Å². The van der Waals surface area contributed by atoms with E-state index in [-0.39, 0.29) is 36.9 Å². The van der Waals surface area contributed by atoms with Crippen molar-refractivity contribution in [1.29, 1.82) is 0 Å². The van der Waals surface area contributed by atoms with Crippen LogP contribution in [0.25, 0.3) is 0 Å². The Hall–Kier alpha value is 0.430. The summed E-state index contributed by atoms with van der Waals surface area (Å²) >= 11 is 0. The smallest absolute Gasteiger partial charge is 1.00 e. The van der Waals surface area contributed by atoms with Gasteiger partial charge in [0.2, 0.25) is 0 Å². The van der Waals surface area contributed by atoms with Crippen LogP contribution < -0.4 is 35.3 Å². The van der Waals surface area contributed by atoms with E-state index >= 15 is 0 Å². The number of aliphatic carboxylic acids is 1. The first kappa shape index (κ1) is 14.9. The second-order valence-electron chi connectivity index (χ2n) is 2.98. The molecule has 0 aliphatic carbocycles. The molecule has 0 rings (SSSR count). The minimum absolute atomic E-state index is 0. The minimum Gasteiger partial charge on any atom is -1.00 e. The third-order valence-corrected chi connectivity index (χ3v) is 1.91. The SMILES string of the molecule is CCCCC(C)C(N)C(=O)O.[H-].[Na+]. The van der Waals surface area contributed by atoms with Crippen molar-refractivity contribution in [2.45, 2.75) is 39.2 Å². The van der Waals surface area contributed by atoms with Gasteiger partial charge in [0.1, 0.15) is 6.04 Å². The molecule has 12 heavy (non-hydrogen) atoms. The van der Waals surface area contributed by atoms with Crippen molar-refractivity contribution in [1.82, 2.24) is 0 Å². The van der Waals surface area contributed by atoms with Crippen molar-refractivity contribution in [3.8, 4) is 0 Å². The monoisotopic (exact) mass is 183 g/mol. The van der Waals surface area contributed by atoms with Gasteiger partial charge in [-0.1, -0.05) is 26.7 Å². The van der Waals surface area contributed by atoms with Crippen LogP contribution in [0.3, 0.4) is 0 Å². The van der Waals surface area contributed by atoms with Crippen molar-refractivity contribution in [3.05, 3.63) is 0 Å². The average molecular weight is 183 g/mol. The van der Waals surface area contributed by atoms with E-state index in [1.165, 1.54) is 0 Å². The molecular formula is C8H18NNaO2. The molecule has 0 saturated heterocycles. The summed E-state index contributed by atoms with van der Waals surface area (Å²) in [6.07, 6.45) is 3.06. The van der Waals surface area contributed by atoms with Gasteiger partial charge in [-0.15, -0.1) is 0 Å². The van der Waals surface area contributed by atoms with Gasteiger partial charge in [-0.2, -0.15) is 0 Å². The van der Waals surface area contributed by atoms with Gasteiger partial charge in [0.05, 0.1) is 0 Å². The molecular weight excluding hydrogens is 165 g/mol. The van der Waals surface area contributed by atoms with Crippen LogP contribution in [0.1, 0.15) is 34.5 Å². The molecule has 0 aromatic heterocycles. The van der Waals surface area contributed by atoms with E-state index in [0.717, 1.165) is 19.3 Å². The summed E-state index contributed by atoms with van der Waals surface area (Å²) in [6.45, 7) is 3.97. The largest absolute Gasteiger partial charge is 1.00 e. The van der Waals surface area contributed by atoms with Crippen LogP contribution in [-0.2, 0) is 4.79 Å². The van der Waals surface area contributed by atoms with E-state index in [4.69, 9.17) is 10.8 Å². The van der Waals surface area contributed by atoms with E-state index in [1.54, 1.807) is 0 Å². The molecule has 0 aromatic carbocycles. The van der Waals surface area contributed by atoms with Gasteiger partial charge >= 0.3 is 35.5 Å². The summed E-state index contributed by atoms with van der Waals surface area (Å²) in [6, 6.07) is -0.693. The summed E-state index contributed by atoms with van der Waals surface area (Å²) in [5.41, 5.74) is 5.40. The van der Waals surface area contributed by atoms with Crippen LogP contribution in [0.4, 0.5) is 0 Å². The summed E-state index contributed by atoms with van der Waals surface area (Å²) in [7, 11) is 0. The summed E-state index contributed by atoms with van der Waals surface area (Å²) in [4.78, 5) is 10.4. The molecule has 0 spiro atoms. The van der Waals surface area contributed by atoms with Crippen molar-refractivity contribution >= 4 is 5.97 Å². The molecule has 68 valence electrons. The van der Waals surface area contributed by atoms with E-state index in [9.17, 15) is 4.79 Å². The number of hydrogen-bond donors (Lipinski definition) is 2. The van der Waals surface area contributed by atoms with Crippen molar-refractivity contribution < 1.29 is 40.9 Å². The second kappa shape index (κ2) is 8.05. The Bertz CT molecular complexity index is 135. The van der Waals surface area contributed by atoms with Crippen LogP contribution in [0.2, 0.25) is 0 Å². The Kier molecular flexibility index (Phi) is 10.0. The zero-order valence-corrected chi connectivity index (χ0v) is 10.2. The van der Waals surface area contributed by atoms with Gasteiger partial charge in [0.25, 0.3) is 0 Å². The molecule has 2 unspecified atom stereocenters. The zero-order chi connectivity index (χ0) is 8.85. The van der Waals surface area contributed by atoms with Crippen molar-refractivity contribution in [2.75, 3.05) is 0 Å². The third-order valence-electron chi connectivity index (χ3n) is 1.91. The molecule has 2 atom stereocenters. The van der Waals surface area contributed by atoms with Gasteiger partial charge in [-0.3, -0.25) is 4.79 Å². The molecule has 3 N–H and O–H groups in total. The Morgan fingerprint density at radius 3 is 2.50 bits per heavy atom. The van der Waals surface area contributed by atoms with Crippen molar-refractivity contribution in [3.63, 3.8) is 0 Å². The Morgan fingerprint density at radius 1 is 1.67 bits per heavy atom. The van der Waals surface area contributed by atoms with E-state index in [0.29, 0.717) is 0 Å². The summed E-state index contributed by atoms with van der Waals surface area (Å²) < 4.78 is 0. The first-order chi connectivity index (χ1) is 5.09. The van der Waals surface area contributed by atoms with E-state index in [1.807, 2.05) is 6.92 Å². The van der Waals surface area contributed by atoms with Gasteiger partial charge in [-0.05, 0) is 12.3 Å². The molecule has 0 aromatic rings. The predicted molar refractivity (Wildman–Crippen MR) is 45.4 cm³/mol. The first-order valence-electron chi connectivity index (χ1n) is 4.08. The standard InChI is InChI=1S/C8H17NO2.Na.H/c1-3-4-5-6(2)7(9)8(10)11;;/h6-7H,3-5,9H2,1-2H3,(H,10,11);;/q;+1;-1. The number of unbranched alkanes of at least 4 members (excludes halogenated alkanes) is 1. The Labute approximate surface area is 97.5 Å². The van der Waals surface area contributed by atoms with Gasteiger partial charge in [-0.25, -0.2) is 0 Å². The van der Waals surface area contributed by atoms with Crippen LogP contribution in [0.5, 0.6) is 0 Å². The maximum absolute atomic E-state index is 10.4. The maximum Gasteiger partial charge on any atom is 1.00 e. The number of carboxylic acid groups (broad SMARTS) is 1. The molecule has 3 nitrogen and oxygen atoms in total. The van der Waals surface area contributed by atoms with E-state index < -0.39 is 12.0 Å². The molecule has 0 aliphatic rings. The number of carboxylic acids is 1. The minimum atomic E-state index is -0.895. The van der Waals surface area contributed by atoms with E-state index in [2.05, 4.69) is 6.92 Å². The number of nitrogens with two attached hydrogens (primary N) is 1. The molecule has 0 aliphatic heterocycles. The number of hydrogen-bond acceptors (Lipinski definition) is 2. The summed E-state index contributed by atoms with van der Waals surface area (Å²) in [5.74, 6) is -0.805. The fraction of sp³-hybridized carbons (Fsp3) is 0.875. The normalized spacial score (nSPS) is 14.6. The van der Waals surface area contributed by atoms with Crippen LogP contribution in [-0.4, -0.2) is 17.1 Å². The first-order valence-corrected chi connectivity index (χ1v) is 4.08. The molecule has 0 bridgehead atoms. The summed E-state index contributed by atoms with van der Waals surface area (Å²) in [5, 5.41) is 8.53. The molecule has 0 saturated carbocycles. The van der Waals surface area contributed by atoms with Crippen molar-refractivity contribution in [2.24, 2.45) is 11.7 Å². The van der Waals surface area contributed by atoms with Gasteiger partial charge in [0, 0.05) is 0 Å². The molecule has 0 amide bonds. The predicted octanol–water partition coefficient (Wildman–Crippen LogP) is -1.66. The fourth-order valence-electron chi connectivity index (χ4n) is 0.949. The second-order valence-corrected chi connectivity index (χ2v) is 2.98. The Morgan fingerprint density at radius 2 is 2.17 bits per heavy atom. The number of rotatable bonds is 5. The molecule has 0 heterocycles. The van der Waals surface area contributed by atoms with Gasteiger partial charge in [0.15, 0.2) is 0 Å². The Balaban J connectivity index is -0.000000500. The fourth-order valence-corrected chi connectivity index (χ4v) is 0.949. The van der Waals surface area contributed by atoms with Crippen LogP contribution in [0, 0.1) is 5.92 Å².